The average molecular weight is 361 g/mol. The molecule has 0 saturated carbocycles. The summed E-state index contributed by atoms with van der Waals surface area (Å²) < 4.78 is 5.52. The number of carbonyl (C=O) groups excluding carboxylic acids is 2. The Morgan fingerprint density at radius 1 is 1.32 bits per heavy atom. The van der Waals surface area contributed by atoms with Crippen LogP contribution in [0.25, 0.3) is 0 Å². The van der Waals surface area contributed by atoms with Gasteiger partial charge in [0.15, 0.2) is 5.17 Å². The topological polar surface area (TPSA) is 71.0 Å². The molecule has 1 fully saturated rings. The third kappa shape index (κ3) is 4.75. The molecule has 6 nitrogen and oxygen atoms in total. The number of likely N-dealkylation sites (tertiary alicyclic amines) is 1. The quantitative estimate of drug-likeness (QED) is 0.844. The van der Waals surface area contributed by atoms with Crippen molar-refractivity contribution in [3.63, 3.8) is 0 Å². The predicted molar refractivity (Wildman–Crippen MR) is 100 cm³/mol. The maximum Gasteiger partial charge on any atom is 0.262 e. The highest BCUT2D eigenvalue weighted by Gasteiger charge is 2.33. The van der Waals surface area contributed by atoms with Gasteiger partial charge in [-0.3, -0.25) is 9.59 Å². The fourth-order valence-corrected chi connectivity index (χ4v) is 3.90. The van der Waals surface area contributed by atoms with Crippen LogP contribution in [0, 0.1) is 0 Å². The van der Waals surface area contributed by atoms with Crippen molar-refractivity contribution in [3.8, 4) is 5.75 Å². The molecule has 0 aliphatic carbocycles. The number of hydrogen-bond acceptors (Lipinski definition) is 5. The third-order valence-corrected chi connectivity index (χ3v) is 5.30. The fourth-order valence-electron chi connectivity index (χ4n) is 2.79. The van der Waals surface area contributed by atoms with Gasteiger partial charge >= 0.3 is 0 Å². The monoisotopic (exact) mass is 361 g/mol. The molecule has 2 aliphatic heterocycles. The standard InChI is InChI=1S/C18H23N3O3S/c1-2-11-24-14-7-5-13(6-8-14)19-16(22)12-15-17(23)20-18(25-15)21-9-3-4-10-21/h5-8,15H,2-4,9-12H2,1H3,(H,19,22). The summed E-state index contributed by atoms with van der Waals surface area (Å²) in [6.45, 7) is 4.62. The minimum Gasteiger partial charge on any atom is -0.494 e. The number of anilines is 1. The van der Waals surface area contributed by atoms with E-state index >= 15 is 0 Å². The van der Waals surface area contributed by atoms with Crippen molar-refractivity contribution in [1.82, 2.24) is 4.90 Å². The molecule has 134 valence electrons. The van der Waals surface area contributed by atoms with E-state index in [0.717, 1.165) is 43.3 Å². The Bertz CT molecular complexity index is 654. The third-order valence-electron chi connectivity index (χ3n) is 4.09. The van der Waals surface area contributed by atoms with Crippen LogP contribution in [0.5, 0.6) is 5.75 Å². The van der Waals surface area contributed by atoms with E-state index in [-0.39, 0.29) is 18.2 Å². The van der Waals surface area contributed by atoms with Crippen molar-refractivity contribution in [3.05, 3.63) is 24.3 Å². The number of rotatable bonds is 6. The predicted octanol–water partition coefficient (Wildman–Crippen LogP) is 2.90. The Morgan fingerprint density at radius 2 is 2.04 bits per heavy atom. The smallest absolute Gasteiger partial charge is 0.262 e. The highest BCUT2D eigenvalue weighted by Crippen LogP contribution is 2.29. The van der Waals surface area contributed by atoms with Gasteiger partial charge in [-0.1, -0.05) is 18.7 Å². The van der Waals surface area contributed by atoms with Gasteiger partial charge in [0.1, 0.15) is 11.0 Å². The number of hydrogen-bond donors (Lipinski definition) is 1. The molecule has 25 heavy (non-hydrogen) atoms. The molecule has 2 heterocycles. The molecule has 1 atom stereocenters. The first-order chi connectivity index (χ1) is 12.2. The number of aliphatic imine (C=N–C) groups is 1. The van der Waals surface area contributed by atoms with Gasteiger partial charge < -0.3 is 15.0 Å². The second-order valence-corrected chi connectivity index (χ2v) is 7.33. The highest BCUT2D eigenvalue weighted by atomic mass is 32.2. The van der Waals surface area contributed by atoms with Gasteiger partial charge in [0.25, 0.3) is 5.91 Å². The molecule has 2 aliphatic rings. The summed E-state index contributed by atoms with van der Waals surface area (Å²) in [6, 6.07) is 7.27. The number of ether oxygens (including phenoxy) is 1. The Hall–Kier alpha value is -2.02. The minimum absolute atomic E-state index is 0.137. The molecule has 1 N–H and O–H groups in total. The summed E-state index contributed by atoms with van der Waals surface area (Å²) in [4.78, 5) is 30.5. The maximum atomic E-state index is 12.2. The number of thioether (sulfide) groups is 1. The summed E-state index contributed by atoms with van der Waals surface area (Å²) >= 11 is 1.41. The number of benzene rings is 1. The van der Waals surface area contributed by atoms with Crippen molar-refractivity contribution >= 4 is 34.4 Å². The van der Waals surface area contributed by atoms with E-state index < -0.39 is 5.25 Å². The minimum atomic E-state index is -0.414. The highest BCUT2D eigenvalue weighted by molar-refractivity contribution is 8.15. The van der Waals surface area contributed by atoms with Crippen LogP contribution in [0.3, 0.4) is 0 Å². The zero-order valence-electron chi connectivity index (χ0n) is 14.4. The molecule has 0 aromatic heterocycles. The number of amidine groups is 1. The molecule has 1 unspecified atom stereocenters. The summed E-state index contributed by atoms with van der Waals surface area (Å²) in [5.74, 6) is 0.404. The van der Waals surface area contributed by atoms with E-state index in [1.54, 1.807) is 12.1 Å². The van der Waals surface area contributed by atoms with E-state index in [2.05, 4.69) is 22.1 Å². The van der Waals surface area contributed by atoms with Gasteiger partial charge in [0.2, 0.25) is 5.91 Å². The Morgan fingerprint density at radius 3 is 2.72 bits per heavy atom. The SMILES string of the molecule is CCCOc1ccc(NC(=O)CC2SC(N3CCCC3)=NC2=O)cc1. The molecular weight excluding hydrogens is 338 g/mol. The Balaban J connectivity index is 1.48. The van der Waals surface area contributed by atoms with Gasteiger partial charge in [-0.15, -0.1) is 0 Å². The van der Waals surface area contributed by atoms with Crippen LogP contribution in [-0.2, 0) is 9.59 Å². The molecule has 0 spiro atoms. The number of nitrogens with zero attached hydrogens (tertiary/aromatic N) is 2. The molecule has 2 amide bonds. The lowest BCUT2D eigenvalue weighted by atomic mass is 10.2. The van der Waals surface area contributed by atoms with Gasteiger partial charge in [-0.05, 0) is 43.5 Å². The van der Waals surface area contributed by atoms with E-state index in [4.69, 9.17) is 4.74 Å². The first-order valence-corrected chi connectivity index (χ1v) is 9.60. The van der Waals surface area contributed by atoms with Gasteiger partial charge in [0.05, 0.1) is 6.61 Å². The Kier molecular flexibility index (Phi) is 5.96. The molecule has 1 saturated heterocycles. The van der Waals surface area contributed by atoms with Gasteiger partial charge in [-0.25, -0.2) is 0 Å². The molecule has 7 heteroatoms. The molecule has 1 aromatic rings. The van der Waals surface area contributed by atoms with E-state index in [1.165, 1.54) is 11.8 Å². The summed E-state index contributed by atoms with van der Waals surface area (Å²) in [5.41, 5.74) is 0.699. The first kappa shape index (κ1) is 17.8. The second kappa shape index (κ2) is 8.38. The molecular formula is C18H23N3O3S. The van der Waals surface area contributed by atoms with Crippen LogP contribution >= 0.6 is 11.8 Å². The van der Waals surface area contributed by atoms with Crippen LogP contribution in [-0.4, -0.2) is 46.8 Å². The molecule has 0 radical (unpaired) electrons. The molecule has 0 bridgehead atoms. The van der Waals surface area contributed by atoms with Crippen LogP contribution in [0.2, 0.25) is 0 Å². The molecule has 1 aromatic carbocycles. The number of amides is 2. The lowest BCUT2D eigenvalue weighted by Crippen LogP contribution is -2.25. The maximum absolute atomic E-state index is 12.2. The lowest BCUT2D eigenvalue weighted by Gasteiger charge is -2.16. The van der Waals surface area contributed by atoms with E-state index in [9.17, 15) is 9.59 Å². The van der Waals surface area contributed by atoms with Crippen molar-refractivity contribution in [2.45, 2.75) is 37.9 Å². The zero-order chi connectivity index (χ0) is 17.6. The Labute approximate surface area is 152 Å². The average Bonchev–Trinajstić information content (AvgIpc) is 3.25. The van der Waals surface area contributed by atoms with Gasteiger partial charge in [-0.2, -0.15) is 4.99 Å². The van der Waals surface area contributed by atoms with Crippen molar-refractivity contribution in [2.75, 3.05) is 25.0 Å². The van der Waals surface area contributed by atoms with Crippen molar-refractivity contribution < 1.29 is 14.3 Å². The zero-order valence-corrected chi connectivity index (χ0v) is 15.2. The van der Waals surface area contributed by atoms with E-state index in [1.807, 2.05) is 12.1 Å². The van der Waals surface area contributed by atoms with Crippen molar-refractivity contribution in [1.29, 1.82) is 0 Å². The van der Waals surface area contributed by atoms with Gasteiger partial charge in [0, 0.05) is 25.2 Å². The van der Waals surface area contributed by atoms with Crippen molar-refractivity contribution in [2.24, 2.45) is 4.99 Å². The summed E-state index contributed by atoms with van der Waals surface area (Å²) in [5, 5.41) is 3.19. The lowest BCUT2D eigenvalue weighted by molar-refractivity contribution is -0.121. The van der Waals surface area contributed by atoms with E-state index in [0.29, 0.717) is 12.3 Å². The van der Waals surface area contributed by atoms with Crippen LogP contribution in [0.1, 0.15) is 32.6 Å². The van der Waals surface area contributed by atoms with Crippen LogP contribution < -0.4 is 10.1 Å². The summed E-state index contributed by atoms with van der Waals surface area (Å²) in [7, 11) is 0. The first-order valence-electron chi connectivity index (χ1n) is 8.72. The largest absolute Gasteiger partial charge is 0.494 e. The molecule has 3 rings (SSSR count). The summed E-state index contributed by atoms with van der Waals surface area (Å²) in [6.07, 6.45) is 3.36. The number of nitrogens with one attached hydrogen (secondary N) is 1. The van der Waals surface area contributed by atoms with Crippen LogP contribution in [0.4, 0.5) is 5.69 Å². The number of carbonyl (C=O) groups is 2. The normalized spacial score (nSPS) is 19.9. The fraction of sp³-hybridized carbons (Fsp3) is 0.500. The van der Waals surface area contributed by atoms with Crippen LogP contribution in [0.15, 0.2) is 29.3 Å². The second-order valence-electron chi connectivity index (χ2n) is 6.16.